The number of carbonyl (C=O) groups is 2. The Morgan fingerprint density at radius 1 is 1.36 bits per heavy atom. The SMILES string of the molecule is CCCCNC(=O)NCC(O)C(=O)O. The first-order valence-electron chi connectivity index (χ1n) is 4.50. The van der Waals surface area contributed by atoms with Gasteiger partial charge in [0.2, 0.25) is 0 Å². The van der Waals surface area contributed by atoms with Crippen molar-refractivity contribution in [3.8, 4) is 0 Å². The Balaban J connectivity index is 3.48. The van der Waals surface area contributed by atoms with E-state index < -0.39 is 18.1 Å². The molecule has 0 aromatic heterocycles. The second kappa shape index (κ2) is 7.14. The number of rotatable bonds is 6. The number of carbonyl (C=O) groups excluding carboxylic acids is 1. The molecular weight excluding hydrogens is 188 g/mol. The highest BCUT2D eigenvalue weighted by Gasteiger charge is 2.13. The average Bonchev–Trinajstić information content (AvgIpc) is 2.14. The highest BCUT2D eigenvalue weighted by molar-refractivity contribution is 5.76. The number of amides is 2. The van der Waals surface area contributed by atoms with Crippen LogP contribution < -0.4 is 10.6 Å². The fourth-order valence-electron chi connectivity index (χ4n) is 0.718. The third-order valence-corrected chi connectivity index (χ3v) is 1.56. The summed E-state index contributed by atoms with van der Waals surface area (Å²) in [7, 11) is 0. The maximum absolute atomic E-state index is 10.9. The van der Waals surface area contributed by atoms with Crippen LogP contribution in [0.15, 0.2) is 0 Å². The van der Waals surface area contributed by atoms with Gasteiger partial charge in [0, 0.05) is 6.54 Å². The van der Waals surface area contributed by atoms with Crippen molar-refractivity contribution in [3.05, 3.63) is 0 Å². The predicted octanol–water partition coefficient (Wildman–Crippen LogP) is -0.469. The lowest BCUT2D eigenvalue weighted by molar-refractivity contribution is -0.146. The number of carboxylic acids is 1. The molecule has 1 atom stereocenters. The zero-order valence-corrected chi connectivity index (χ0v) is 8.12. The summed E-state index contributed by atoms with van der Waals surface area (Å²) in [5.74, 6) is -1.35. The molecule has 2 amide bonds. The van der Waals surface area contributed by atoms with E-state index in [4.69, 9.17) is 10.2 Å². The minimum absolute atomic E-state index is 0.284. The van der Waals surface area contributed by atoms with Crippen LogP contribution in [0, 0.1) is 0 Å². The van der Waals surface area contributed by atoms with E-state index in [1.807, 2.05) is 6.92 Å². The number of hydrogen-bond acceptors (Lipinski definition) is 3. The van der Waals surface area contributed by atoms with Gasteiger partial charge in [0.15, 0.2) is 6.10 Å². The second-order valence-corrected chi connectivity index (χ2v) is 2.84. The molecule has 1 unspecified atom stereocenters. The molecular formula is C8H16N2O4. The molecule has 0 heterocycles. The number of urea groups is 1. The maximum atomic E-state index is 10.9. The normalized spacial score (nSPS) is 11.9. The minimum atomic E-state index is -1.55. The summed E-state index contributed by atoms with van der Waals surface area (Å²) < 4.78 is 0. The zero-order valence-electron chi connectivity index (χ0n) is 8.12. The van der Waals surface area contributed by atoms with Gasteiger partial charge in [-0.15, -0.1) is 0 Å². The van der Waals surface area contributed by atoms with Gasteiger partial charge in [0.05, 0.1) is 6.54 Å². The lowest BCUT2D eigenvalue weighted by Gasteiger charge is -2.08. The molecule has 0 bridgehead atoms. The Kier molecular flexibility index (Phi) is 6.47. The largest absolute Gasteiger partial charge is 0.479 e. The second-order valence-electron chi connectivity index (χ2n) is 2.84. The molecule has 0 fully saturated rings. The Labute approximate surface area is 82.3 Å². The van der Waals surface area contributed by atoms with Crippen molar-refractivity contribution in [2.75, 3.05) is 13.1 Å². The average molecular weight is 204 g/mol. The molecule has 0 saturated heterocycles. The molecule has 0 aliphatic rings. The molecule has 0 aromatic carbocycles. The van der Waals surface area contributed by atoms with E-state index in [9.17, 15) is 9.59 Å². The molecule has 4 N–H and O–H groups in total. The van der Waals surface area contributed by atoms with Gasteiger partial charge in [-0.25, -0.2) is 9.59 Å². The van der Waals surface area contributed by atoms with Crippen LogP contribution in [0.25, 0.3) is 0 Å². The van der Waals surface area contributed by atoms with E-state index in [2.05, 4.69) is 10.6 Å². The van der Waals surface area contributed by atoms with Crippen LogP contribution in [-0.4, -0.2) is 41.4 Å². The third kappa shape index (κ3) is 6.24. The van der Waals surface area contributed by atoms with Crippen molar-refractivity contribution in [1.29, 1.82) is 0 Å². The molecule has 6 nitrogen and oxygen atoms in total. The number of aliphatic carboxylic acids is 1. The number of aliphatic hydroxyl groups excluding tert-OH is 1. The molecule has 0 radical (unpaired) electrons. The summed E-state index contributed by atoms with van der Waals surface area (Å²) in [6, 6.07) is -0.459. The lowest BCUT2D eigenvalue weighted by atomic mass is 10.3. The summed E-state index contributed by atoms with van der Waals surface area (Å²) in [6.07, 6.45) is 0.291. The van der Waals surface area contributed by atoms with Gasteiger partial charge in [-0.05, 0) is 6.42 Å². The number of aliphatic hydroxyl groups is 1. The minimum Gasteiger partial charge on any atom is -0.479 e. The van der Waals surface area contributed by atoms with Crippen LogP contribution in [-0.2, 0) is 4.79 Å². The number of carboxylic acid groups (broad SMARTS) is 1. The van der Waals surface area contributed by atoms with Gasteiger partial charge in [0.25, 0.3) is 0 Å². The van der Waals surface area contributed by atoms with Gasteiger partial charge in [-0.1, -0.05) is 13.3 Å². The highest BCUT2D eigenvalue weighted by Crippen LogP contribution is 1.83. The summed E-state index contributed by atoms with van der Waals surface area (Å²) in [4.78, 5) is 21.1. The van der Waals surface area contributed by atoms with E-state index in [0.29, 0.717) is 6.54 Å². The van der Waals surface area contributed by atoms with Crippen molar-refractivity contribution in [1.82, 2.24) is 10.6 Å². The van der Waals surface area contributed by atoms with E-state index >= 15 is 0 Å². The molecule has 14 heavy (non-hydrogen) atoms. The number of unbranched alkanes of at least 4 members (excludes halogenated alkanes) is 1. The molecule has 0 aromatic rings. The maximum Gasteiger partial charge on any atom is 0.334 e. The fraction of sp³-hybridized carbons (Fsp3) is 0.750. The first-order valence-corrected chi connectivity index (χ1v) is 4.50. The van der Waals surface area contributed by atoms with Gasteiger partial charge < -0.3 is 20.8 Å². The van der Waals surface area contributed by atoms with Crippen molar-refractivity contribution >= 4 is 12.0 Å². The van der Waals surface area contributed by atoms with E-state index in [1.165, 1.54) is 0 Å². The zero-order chi connectivity index (χ0) is 11.0. The van der Waals surface area contributed by atoms with E-state index in [-0.39, 0.29) is 6.54 Å². The molecule has 82 valence electrons. The Hall–Kier alpha value is -1.30. The van der Waals surface area contributed by atoms with Crippen LogP contribution in [0.1, 0.15) is 19.8 Å². The summed E-state index contributed by atoms with van der Waals surface area (Å²) >= 11 is 0. The lowest BCUT2D eigenvalue weighted by Crippen LogP contribution is -2.42. The van der Waals surface area contributed by atoms with Crippen molar-refractivity contribution in [3.63, 3.8) is 0 Å². The molecule has 0 saturated carbocycles. The molecule has 0 aliphatic heterocycles. The van der Waals surface area contributed by atoms with Gasteiger partial charge in [-0.2, -0.15) is 0 Å². The molecule has 0 spiro atoms. The first-order chi connectivity index (χ1) is 6.57. The van der Waals surface area contributed by atoms with E-state index in [0.717, 1.165) is 12.8 Å². The Morgan fingerprint density at radius 3 is 2.50 bits per heavy atom. The monoisotopic (exact) mass is 204 g/mol. The Bertz CT molecular complexity index is 196. The summed E-state index contributed by atoms with van der Waals surface area (Å²) in [6.45, 7) is 2.26. The molecule has 6 heteroatoms. The Morgan fingerprint density at radius 2 is 2.00 bits per heavy atom. The van der Waals surface area contributed by atoms with Crippen LogP contribution in [0.2, 0.25) is 0 Å². The van der Waals surface area contributed by atoms with Crippen LogP contribution in [0.5, 0.6) is 0 Å². The highest BCUT2D eigenvalue weighted by atomic mass is 16.4. The topological polar surface area (TPSA) is 98.7 Å². The van der Waals surface area contributed by atoms with Crippen molar-refractivity contribution in [2.24, 2.45) is 0 Å². The first kappa shape index (κ1) is 12.7. The summed E-state index contributed by atoms with van der Waals surface area (Å²) in [5.41, 5.74) is 0. The number of hydrogen-bond donors (Lipinski definition) is 4. The molecule has 0 rings (SSSR count). The van der Waals surface area contributed by atoms with Crippen LogP contribution >= 0.6 is 0 Å². The standard InChI is InChI=1S/C8H16N2O4/c1-2-3-4-9-8(14)10-5-6(11)7(12)13/h6,11H,2-5H2,1H3,(H,12,13)(H2,9,10,14). The van der Waals surface area contributed by atoms with Crippen molar-refractivity contribution in [2.45, 2.75) is 25.9 Å². The summed E-state index contributed by atoms with van der Waals surface area (Å²) in [5, 5.41) is 21.9. The smallest absolute Gasteiger partial charge is 0.334 e. The van der Waals surface area contributed by atoms with Crippen LogP contribution in [0.4, 0.5) is 4.79 Å². The molecule has 0 aliphatic carbocycles. The third-order valence-electron chi connectivity index (χ3n) is 1.56. The fourth-order valence-corrected chi connectivity index (χ4v) is 0.718. The number of nitrogens with one attached hydrogen (secondary N) is 2. The predicted molar refractivity (Wildman–Crippen MR) is 50.0 cm³/mol. The van der Waals surface area contributed by atoms with Crippen LogP contribution in [0.3, 0.4) is 0 Å². The van der Waals surface area contributed by atoms with E-state index in [1.54, 1.807) is 0 Å². The van der Waals surface area contributed by atoms with Crippen molar-refractivity contribution < 1.29 is 19.8 Å². The van der Waals surface area contributed by atoms with Gasteiger partial charge in [-0.3, -0.25) is 0 Å². The van der Waals surface area contributed by atoms with Gasteiger partial charge >= 0.3 is 12.0 Å². The quantitative estimate of drug-likeness (QED) is 0.439. The van der Waals surface area contributed by atoms with Gasteiger partial charge in [0.1, 0.15) is 0 Å².